The van der Waals surface area contributed by atoms with E-state index in [4.69, 9.17) is 4.74 Å². The van der Waals surface area contributed by atoms with Gasteiger partial charge in [0.1, 0.15) is 0 Å². The third-order valence-electron chi connectivity index (χ3n) is 4.41. The molecule has 2 aromatic carbocycles. The van der Waals surface area contributed by atoms with Gasteiger partial charge in [0.2, 0.25) is 10.0 Å². The quantitative estimate of drug-likeness (QED) is 0.787. The van der Waals surface area contributed by atoms with E-state index >= 15 is 0 Å². The van der Waals surface area contributed by atoms with Gasteiger partial charge < -0.3 is 9.64 Å². The zero-order valence-corrected chi connectivity index (χ0v) is 15.6. The molecule has 7 heteroatoms. The summed E-state index contributed by atoms with van der Waals surface area (Å²) in [6, 6.07) is 14.0. The average Bonchev–Trinajstić information content (AvgIpc) is 2.97. The second-order valence-electron chi connectivity index (χ2n) is 6.28. The third-order valence-corrected chi connectivity index (χ3v) is 5.87. The molecule has 26 heavy (non-hydrogen) atoms. The lowest BCUT2D eigenvalue weighted by Crippen LogP contribution is -2.35. The van der Waals surface area contributed by atoms with Crippen LogP contribution in [0, 0.1) is 0 Å². The van der Waals surface area contributed by atoms with Crippen molar-refractivity contribution < 1.29 is 17.9 Å². The van der Waals surface area contributed by atoms with Gasteiger partial charge in [0.15, 0.2) is 0 Å². The molecule has 0 saturated heterocycles. The fourth-order valence-corrected chi connectivity index (χ4v) is 4.23. The van der Waals surface area contributed by atoms with Crippen LogP contribution in [0.4, 0.5) is 5.69 Å². The molecule has 0 spiro atoms. The molecule has 0 aromatic heterocycles. The number of ether oxygens (including phenoxy) is 1. The number of amides is 1. The topological polar surface area (TPSA) is 75.7 Å². The van der Waals surface area contributed by atoms with Gasteiger partial charge in [-0.3, -0.25) is 4.79 Å². The number of anilines is 1. The molecule has 1 aliphatic heterocycles. The molecular formula is C19H22N2O4S. The summed E-state index contributed by atoms with van der Waals surface area (Å²) in [5, 5.41) is 0. The number of carbonyl (C=O) groups is 1. The van der Waals surface area contributed by atoms with E-state index in [9.17, 15) is 13.2 Å². The number of rotatable bonds is 6. The molecule has 0 radical (unpaired) electrons. The summed E-state index contributed by atoms with van der Waals surface area (Å²) >= 11 is 0. The summed E-state index contributed by atoms with van der Waals surface area (Å²) in [5.41, 5.74) is 2.24. The zero-order chi connectivity index (χ0) is 18.7. The lowest BCUT2D eigenvalue weighted by Gasteiger charge is -2.23. The van der Waals surface area contributed by atoms with Crippen LogP contribution in [0.2, 0.25) is 0 Å². The molecule has 6 nitrogen and oxygen atoms in total. The molecule has 1 N–H and O–H groups in total. The van der Waals surface area contributed by atoms with Gasteiger partial charge in [0, 0.05) is 30.9 Å². The molecule has 0 bridgehead atoms. The molecule has 1 heterocycles. The van der Waals surface area contributed by atoms with Crippen LogP contribution >= 0.6 is 0 Å². The lowest BCUT2D eigenvalue weighted by molar-refractivity contribution is 0.0981. The Labute approximate surface area is 153 Å². The normalized spacial score (nSPS) is 16.5. The van der Waals surface area contributed by atoms with Gasteiger partial charge in [-0.1, -0.05) is 18.2 Å². The molecule has 1 atom stereocenters. The van der Waals surface area contributed by atoms with E-state index in [2.05, 4.69) is 4.72 Å². The largest absolute Gasteiger partial charge is 0.383 e. The van der Waals surface area contributed by atoms with Crippen molar-refractivity contribution in [3.63, 3.8) is 0 Å². The number of sulfonamides is 1. The van der Waals surface area contributed by atoms with Crippen LogP contribution in [0.5, 0.6) is 0 Å². The van der Waals surface area contributed by atoms with Crippen molar-refractivity contribution in [1.29, 1.82) is 0 Å². The first-order chi connectivity index (χ1) is 12.4. The molecular weight excluding hydrogens is 352 g/mol. The Morgan fingerprint density at radius 1 is 1.23 bits per heavy atom. The predicted octanol–water partition coefficient (Wildman–Crippen LogP) is 2.20. The van der Waals surface area contributed by atoms with Crippen molar-refractivity contribution in [2.75, 3.05) is 25.2 Å². The third kappa shape index (κ3) is 3.65. The van der Waals surface area contributed by atoms with Crippen molar-refractivity contribution in [3.8, 4) is 0 Å². The van der Waals surface area contributed by atoms with E-state index in [1.54, 1.807) is 29.2 Å². The number of fused-ring (bicyclic) bond motifs is 1. The van der Waals surface area contributed by atoms with Gasteiger partial charge in [-0.05, 0) is 49.2 Å². The summed E-state index contributed by atoms with van der Waals surface area (Å²) in [7, 11) is -2.08. The van der Waals surface area contributed by atoms with E-state index in [1.165, 1.54) is 13.2 Å². The second-order valence-corrected chi connectivity index (χ2v) is 8.04. The summed E-state index contributed by atoms with van der Waals surface area (Å²) in [4.78, 5) is 14.8. The maximum atomic E-state index is 12.9. The van der Waals surface area contributed by atoms with Crippen LogP contribution < -0.4 is 9.62 Å². The number of methoxy groups -OCH3 is 1. The highest BCUT2D eigenvalue weighted by molar-refractivity contribution is 7.89. The van der Waals surface area contributed by atoms with Crippen molar-refractivity contribution in [2.24, 2.45) is 0 Å². The number of hydrogen-bond donors (Lipinski definition) is 1. The van der Waals surface area contributed by atoms with Crippen molar-refractivity contribution >= 4 is 21.6 Å². The number of nitrogens with one attached hydrogen (secondary N) is 1. The average molecular weight is 374 g/mol. The Hall–Kier alpha value is -2.22. The van der Waals surface area contributed by atoms with Gasteiger partial charge in [-0.2, -0.15) is 0 Å². The summed E-state index contributed by atoms with van der Waals surface area (Å²) < 4.78 is 32.1. The second kappa shape index (κ2) is 7.57. The van der Waals surface area contributed by atoms with E-state index in [1.807, 2.05) is 25.1 Å². The maximum absolute atomic E-state index is 12.9. The summed E-state index contributed by atoms with van der Waals surface area (Å²) in [6.45, 7) is 2.48. The number of benzene rings is 2. The van der Waals surface area contributed by atoms with E-state index < -0.39 is 10.0 Å². The first-order valence-corrected chi connectivity index (χ1v) is 9.92. The summed E-state index contributed by atoms with van der Waals surface area (Å²) in [5.74, 6) is -0.0781. The minimum absolute atomic E-state index is 0.0305. The van der Waals surface area contributed by atoms with Crippen molar-refractivity contribution in [3.05, 3.63) is 59.7 Å². The standard InChI is InChI=1S/C19H22N2O4S/c1-14-12-16-13-17(26(23,24)20-10-11-25-2)8-9-18(16)21(14)19(22)15-6-4-3-5-7-15/h3-9,13-14,20H,10-12H2,1-2H3/t14-/m1/s1. The van der Waals surface area contributed by atoms with Crippen LogP contribution in [-0.4, -0.2) is 40.6 Å². The van der Waals surface area contributed by atoms with Crippen LogP contribution in [-0.2, 0) is 21.2 Å². The monoisotopic (exact) mass is 374 g/mol. The Kier molecular flexibility index (Phi) is 5.41. The maximum Gasteiger partial charge on any atom is 0.258 e. The highest BCUT2D eigenvalue weighted by Gasteiger charge is 2.32. The molecule has 0 saturated carbocycles. The molecule has 0 fully saturated rings. The molecule has 138 valence electrons. The van der Waals surface area contributed by atoms with E-state index in [-0.39, 0.29) is 23.4 Å². The van der Waals surface area contributed by atoms with Crippen LogP contribution in [0.1, 0.15) is 22.8 Å². The minimum atomic E-state index is -3.59. The number of carbonyl (C=O) groups excluding carboxylic acids is 1. The molecule has 1 amide bonds. The molecule has 1 aliphatic rings. The SMILES string of the molecule is COCCNS(=O)(=O)c1ccc2c(c1)C[C@@H](C)N2C(=O)c1ccccc1. The Morgan fingerprint density at radius 2 is 1.96 bits per heavy atom. The van der Waals surface area contributed by atoms with E-state index in [0.717, 1.165) is 11.3 Å². The first-order valence-electron chi connectivity index (χ1n) is 8.44. The molecule has 3 rings (SSSR count). The van der Waals surface area contributed by atoms with Crippen molar-refractivity contribution in [1.82, 2.24) is 4.72 Å². The number of hydrogen-bond acceptors (Lipinski definition) is 4. The van der Waals surface area contributed by atoms with E-state index in [0.29, 0.717) is 18.6 Å². The van der Waals surface area contributed by atoms with Gasteiger partial charge in [0.25, 0.3) is 5.91 Å². The smallest absolute Gasteiger partial charge is 0.258 e. The number of nitrogens with zero attached hydrogens (tertiary/aromatic N) is 1. The Bertz CT molecular complexity index is 897. The minimum Gasteiger partial charge on any atom is -0.383 e. The van der Waals surface area contributed by atoms with Gasteiger partial charge in [-0.25, -0.2) is 13.1 Å². The summed E-state index contributed by atoms with van der Waals surface area (Å²) in [6.07, 6.45) is 0.620. The van der Waals surface area contributed by atoms with Crippen molar-refractivity contribution in [2.45, 2.75) is 24.3 Å². The highest BCUT2D eigenvalue weighted by Crippen LogP contribution is 2.34. The van der Waals surface area contributed by atoms with Gasteiger partial charge >= 0.3 is 0 Å². The zero-order valence-electron chi connectivity index (χ0n) is 14.8. The highest BCUT2D eigenvalue weighted by atomic mass is 32.2. The fraction of sp³-hybridized carbons (Fsp3) is 0.316. The first kappa shape index (κ1) is 18.6. The molecule has 2 aromatic rings. The van der Waals surface area contributed by atoms with Crippen LogP contribution in [0.3, 0.4) is 0 Å². The van der Waals surface area contributed by atoms with Gasteiger partial charge in [0.05, 0.1) is 11.5 Å². The van der Waals surface area contributed by atoms with Gasteiger partial charge in [-0.15, -0.1) is 0 Å². The van der Waals surface area contributed by atoms with Crippen LogP contribution in [0.25, 0.3) is 0 Å². The van der Waals surface area contributed by atoms with Crippen LogP contribution in [0.15, 0.2) is 53.4 Å². The lowest BCUT2D eigenvalue weighted by atomic mass is 10.1. The predicted molar refractivity (Wildman–Crippen MR) is 99.9 cm³/mol. The Morgan fingerprint density at radius 3 is 2.65 bits per heavy atom. The molecule has 0 unspecified atom stereocenters. The Balaban J connectivity index is 1.88. The molecule has 0 aliphatic carbocycles. The fourth-order valence-electron chi connectivity index (χ4n) is 3.17.